The number of aliphatic hydroxyl groups excluding tert-OH is 3. The van der Waals surface area contributed by atoms with Gasteiger partial charge in [0.05, 0.1) is 52.5 Å². The first kappa shape index (κ1) is 55.2. The Bertz CT molecular complexity index is 1840. The number of cyclic esters (lactones) is 1. The normalized spacial score (nSPS) is 42.8. The second kappa shape index (κ2) is 21.9. The third kappa shape index (κ3) is 12.6. The highest BCUT2D eigenvalue weighted by Crippen LogP contribution is 2.42. The predicted octanol–water partition coefficient (Wildman–Crippen LogP) is 2.91. The number of likely N-dealkylation sites (N-methyl/N-ethyl adjacent to an activating group) is 1. The third-order valence-corrected chi connectivity index (χ3v) is 15.6. The van der Waals surface area contributed by atoms with Gasteiger partial charge >= 0.3 is 5.97 Å². The Labute approximate surface area is 386 Å². The lowest BCUT2D eigenvalue weighted by Gasteiger charge is -2.49. The molecule has 374 valence electrons. The number of methoxy groups -OCH3 is 1. The van der Waals surface area contributed by atoms with Crippen LogP contribution in [-0.4, -0.2) is 162 Å². The molecule has 1 amide bonds. The monoisotopic (exact) mass is 946 g/mol. The second-order valence-electron chi connectivity index (χ2n) is 19.8. The molecular formula is C46H79N3O15S. The SMILES string of the molecule is CCC(=O)Nc1ccc(S(=O)(=O)N[C@@H]2[C@H](C)[C@@H](O)[C@](C)(O)[C@@H](CC)OC(=O)[C@H](C)[C@@H](O[C@H]3C[C@@](C)(OC)[C@@H](O)[C@H](C)O3)[C@H](C)[C@@H](O[C@H]3O[C@@H](C)C[C@@H](N(C)C)[C@@H]3O)[C@](C)(O)C[C@H]2C)cc1. The van der Waals surface area contributed by atoms with Gasteiger partial charge in [0, 0.05) is 49.6 Å². The summed E-state index contributed by atoms with van der Waals surface area (Å²) in [5.74, 6) is -5.05. The second-order valence-corrected chi connectivity index (χ2v) is 21.5. The summed E-state index contributed by atoms with van der Waals surface area (Å²) in [6.07, 6.45) is -10.6. The van der Waals surface area contributed by atoms with Gasteiger partial charge in [-0.05, 0) is 105 Å². The molecule has 18 nitrogen and oxygen atoms in total. The molecule has 3 heterocycles. The molecule has 3 aliphatic rings. The van der Waals surface area contributed by atoms with Crippen molar-refractivity contribution in [1.29, 1.82) is 0 Å². The van der Waals surface area contributed by atoms with Crippen molar-refractivity contribution in [2.45, 2.75) is 203 Å². The summed E-state index contributed by atoms with van der Waals surface area (Å²) in [6.45, 7) is 18.0. The van der Waals surface area contributed by atoms with Crippen molar-refractivity contribution in [3.05, 3.63) is 24.3 Å². The molecule has 0 saturated carbocycles. The predicted molar refractivity (Wildman–Crippen MR) is 241 cm³/mol. The van der Waals surface area contributed by atoms with Crippen molar-refractivity contribution in [2.24, 2.45) is 23.7 Å². The number of esters is 1. The van der Waals surface area contributed by atoms with E-state index in [-0.39, 0.29) is 42.6 Å². The van der Waals surface area contributed by atoms with Crippen molar-refractivity contribution >= 4 is 27.6 Å². The van der Waals surface area contributed by atoms with Crippen LogP contribution in [0.3, 0.4) is 0 Å². The minimum absolute atomic E-state index is 0.0414. The summed E-state index contributed by atoms with van der Waals surface area (Å²) >= 11 is 0. The van der Waals surface area contributed by atoms with Crippen LogP contribution in [0.1, 0.15) is 108 Å². The number of carbonyl (C=O) groups excluding carboxylic acids is 2. The zero-order valence-electron chi connectivity index (χ0n) is 40.8. The van der Waals surface area contributed by atoms with Gasteiger partial charge in [0.25, 0.3) is 0 Å². The van der Waals surface area contributed by atoms with Crippen LogP contribution in [0.5, 0.6) is 0 Å². The van der Waals surface area contributed by atoms with Crippen molar-refractivity contribution in [2.75, 3.05) is 26.5 Å². The first-order valence-electron chi connectivity index (χ1n) is 23.0. The smallest absolute Gasteiger partial charge is 0.311 e. The van der Waals surface area contributed by atoms with Crippen molar-refractivity contribution in [1.82, 2.24) is 9.62 Å². The van der Waals surface area contributed by atoms with Crippen molar-refractivity contribution < 1.29 is 72.0 Å². The van der Waals surface area contributed by atoms with E-state index in [2.05, 4.69) is 10.0 Å². The summed E-state index contributed by atoms with van der Waals surface area (Å²) in [6, 6.07) is 3.99. The summed E-state index contributed by atoms with van der Waals surface area (Å²) in [7, 11) is 0.739. The number of benzene rings is 1. The van der Waals surface area contributed by atoms with E-state index < -0.39 is 124 Å². The van der Waals surface area contributed by atoms with Gasteiger partial charge in [-0.25, -0.2) is 13.1 Å². The van der Waals surface area contributed by atoms with E-state index in [1.54, 1.807) is 55.4 Å². The maximum atomic E-state index is 14.5. The van der Waals surface area contributed by atoms with Gasteiger partial charge in [0.15, 0.2) is 12.6 Å². The third-order valence-electron chi connectivity index (χ3n) is 14.2. The minimum atomic E-state index is -4.38. The van der Waals surface area contributed by atoms with Crippen LogP contribution in [0.25, 0.3) is 0 Å². The molecule has 4 rings (SSSR count). The molecule has 3 aliphatic heterocycles. The van der Waals surface area contributed by atoms with Gasteiger partial charge < -0.3 is 64.2 Å². The first-order valence-corrected chi connectivity index (χ1v) is 24.5. The number of sulfonamides is 1. The molecule has 0 aliphatic carbocycles. The van der Waals surface area contributed by atoms with E-state index in [9.17, 15) is 43.5 Å². The fourth-order valence-electron chi connectivity index (χ4n) is 10.0. The zero-order valence-corrected chi connectivity index (χ0v) is 41.6. The van der Waals surface area contributed by atoms with Gasteiger partial charge in [-0.1, -0.05) is 34.6 Å². The minimum Gasteiger partial charge on any atom is -0.459 e. The Morgan fingerprint density at radius 1 is 0.908 bits per heavy atom. The first-order chi connectivity index (χ1) is 30.0. The van der Waals surface area contributed by atoms with Gasteiger partial charge in [0.2, 0.25) is 15.9 Å². The van der Waals surface area contributed by atoms with E-state index in [0.29, 0.717) is 12.1 Å². The number of nitrogens with zero attached hydrogens (tertiary/aromatic N) is 1. The van der Waals surface area contributed by atoms with Crippen molar-refractivity contribution in [3.8, 4) is 0 Å². The maximum absolute atomic E-state index is 14.5. The fraction of sp³-hybridized carbons (Fsp3) is 0.826. The lowest BCUT2D eigenvalue weighted by Crippen LogP contribution is -2.62. The van der Waals surface area contributed by atoms with Gasteiger partial charge in [-0.15, -0.1) is 0 Å². The molecule has 0 radical (unpaired) electrons. The number of rotatable bonds is 12. The summed E-state index contributed by atoms with van der Waals surface area (Å²) in [5, 5.41) is 62.6. The van der Waals surface area contributed by atoms with Crippen LogP contribution >= 0.6 is 0 Å². The standard InChI is InChI=1S/C46H79N3O15S/c1-15-33-46(11,56)39(52)26(5)36(48-65(57,58)31-19-17-30(18-20-31)47-34(50)16-2)24(3)22-44(9,55)41(64-43-37(51)32(49(12)13)21-25(4)60-43)27(6)38(28(7)42(54)62-33)63-35-23-45(10,59-14)40(53)29(8)61-35/h17-20,24-29,32-33,35-41,43,48,51-53,55-56H,15-16,21-23H2,1-14H3,(H,47,50)/t24-,25+,26+,27+,28-,29+,32-,33-,35+,36+,37+,38+,39-,40+,41-,43-,44-,45-,46-/m1/s1. The van der Waals surface area contributed by atoms with E-state index in [1.165, 1.54) is 45.2 Å². The molecule has 0 spiro atoms. The van der Waals surface area contributed by atoms with Crippen LogP contribution < -0.4 is 10.0 Å². The molecule has 65 heavy (non-hydrogen) atoms. The van der Waals surface area contributed by atoms with Crippen LogP contribution in [-0.2, 0) is 48.0 Å². The molecule has 1 aromatic rings. The highest BCUT2D eigenvalue weighted by Gasteiger charge is 2.54. The molecule has 0 bridgehead atoms. The Morgan fingerprint density at radius 2 is 1.52 bits per heavy atom. The van der Waals surface area contributed by atoms with Gasteiger partial charge in [-0.3, -0.25) is 9.59 Å². The number of amides is 1. The van der Waals surface area contributed by atoms with E-state index in [1.807, 2.05) is 25.9 Å². The highest BCUT2D eigenvalue weighted by atomic mass is 32.2. The fourth-order valence-corrected chi connectivity index (χ4v) is 11.5. The molecule has 3 saturated heterocycles. The maximum Gasteiger partial charge on any atom is 0.311 e. The Hall–Kier alpha value is -2.37. The topological polar surface area (TPSA) is 252 Å². The van der Waals surface area contributed by atoms with Gasteiger partial charge in [0.1, 0.15) is 23.9 Å². The van der Waals surface area contributed by atoms with Crippen LogP contribution in [0.15, 0.2) is 29.2 Å². The molecular weight excluding hydrogens is 867 g/mol. The highest BCUT2D eigenvalue weighted by molar-refractivity contribution is 7.89. The summed E-state index contributed by atoms with van der Waals surface area (Å²) in [5.41, 5.74) is -4.77. The summed E-state index contributed by atoms with van der Waals surface area (Å²) < 4.78 is 69.0. The zero-order chi connectivity index (χ0) is 49.1. The molecule has 19 heteroatoms. The van der Waals surface area contributed by atoms with Gasteiger partial charge in [-0.2, -0.15) is 0 Å². The number of ether oxygens (including phenoxy) is 6. The number of aliphatic hydroxyl groups is 5. The number of nitrogens with one attached hydrogen (secondary N) is 2. The lowest BCUT2D eigenvalue weighted by atomic mass is 9.72. The van der Waals surface area contributed by atoms with E-state index in [4.69, 9.17) is 28.4 Å². The van der Waals surface area contributed by atoms with E-state index in [0.717, 1.165) is 0 Å². The lowest BCUT2D eigenvalue weighted by molar-refractivity contribution is -0.318. The Kier molecular flexibility index (Phi) is 18.6. The molecule has 1 aromatic carbocycles. The Morgan fingerprint density at radius 3 is 2.08 bits per heavy atom. The van der Waals surface area contributed by atoms with Crippen molar-refractivity contribution in [3.63, 3.8) is 0 Å². The molecule has 0 unspecified atom stereocenters. The largest absolute Gasteiger partial charge is 0.459 e. The number of hydrogen-bond donors (Lipinski definition) is 7. The summed E-state index contributed by atoms with van der Waals surface area (Å²) in [4.78, 5) is 28.2. The van der Waals surface area contributed by atoms with Crippen LogP contribution in [0.4, 0.5) is 5.69 Å². The van der Waals surface area contributed by atoms with Crippen LogP contribution in [0.2, 0.25) is 0 Å². The molecule has 0 aromatic heterocycles. The quantitative estimate of drug-likeness (QED) is 0.149. The number of anilines is 1. The molecule has 7 N–H and O–H groups in total. The molecule has 19 atom stereocenters. The number of hydrogen-bond acceptors (Lipinski definition) is 16. The Balaban J connectivity index is 1.89. The van der Waals surface area contributed by atoms with E-state index >= 15 is 0 Å². The number of carbonyl (C=O) groups is 2. The molecule has 3 fully saturated rings. The van der Waals surface area contributed by atoms with Crippen LogP contribution in [0, 0.1) is 23.7 Å². The average molecular weight is 946 g/mol. The average Bonchev–Trinajstić information content (AvgIpc) is 3.23.